The van der Waals surface area contributed by atoms with Crippen LogP contribution in [0, 0.1) is 11.7 Å². The van der Waals surface area contributed by atoms with E-state index in [1.165, 1.54) is 44.1 Å². The summed E-state index contributed by atoms with van der Waals surface area (Å²) in [6.45, 7) is 7.23. The van der Waals surface area contributed by atoms with Gasteiger partial charge in [-0.2, -0.15) is 0 Å². The minimum atomic E-state index is -0.130. The molecule has 3 aromatic rings. The van der Waals surface area contributed by atoms with E-state index in [9.17, 15) is 0 Å². The number of hydrogen-bond donors (Lipinski definition) is 1. The smallest absolute Gasteiger partial charge is 0.138 e. The third kappa shape index (κ3) is 4.72. The van der Waals surface area contributed by atoms with Gasteiger partial charge in [0, 0.05) is 16.5 Å². The lowest BCUT2D eigenvalue weighted by Crippen LogP contribution is -2.35. The van der Waals surface area contributed by atoms with Gasteiger partial charge in [0.2, 0.25) is 0 Å². The van der Waals surface area contributed by atoms with Crippen LogP contribution in [0.4, 0.5) is 4.39 Å². The molecule has 1 unspecified atom stereocenters. The van der Waals surface area contributed by atoms with Crippen LogP contribution in [0.15, 0.2) is 54.6 Å². The Bertz CT molecular complexity index is 1110. The van der Waals surface area contributed by atoms with Gasteiger partial charge in [-0.1, -0.05) is 74.4 Å². The van der Waals surface area contributed by atoms with E-state index in [0.717, 1.165) is 22.4 Å². The van der Waals surface area contributed by atoms with Crippen molar-refractivity contribution in [3.63, 3.8) is 0 Å². The molecule has 2 fully saturated rings. The number of nitrogens with one attached hydrogen (secondary N) is 1. The first kappa shape index (κ1) is 22.6. The second-order valence-electron chi connectivity index (χ2n) is 10.8. The van der Waals surface area contributed by atoms with Gasteiger partial charge in [0.1, 0.15) is 12.0 Å². The zero-order valence-corrected chi connectivity index (χ0v) is 20.2. The number of halogens is 1. The fraction of sp³-hybridized carbons (Fsp3) is 0.467. The fourth-order valence-electron chi connectivity index (χ4n) is 5.73. The lowest BCUT2D eigenvalue weighted by Gasteiger charge is -2.28. The van der Waals surface area contributed by atoms with Gasteiger partial charge in [-0.25, -0.2) is 4.39 Å². The molecule has 0 radical (unpaired) electrons. The third-order valence-electron chi connectivity index (χ3n) is 7.65. The summed E-state index contributed by atoms with van der Waals surface area (Å²) in [5, 5.41) is 5.20. The highest BCUT2D eigenvalue weighted by atomic mass is 19.1. The maximum atomic E-state index is 15.5. The van der Waals surface area contributed by atoms with Crippen LogP contribution in [0.3, 0.4) is 0 Å². The van der Waals surface area contributed by atoms with Crippen LogP contribution in [-0.2, 0) is 4.74 Å². The lowest BCUT2D eigenvalue weighted by atomic mass is 9.77. The van der Waals surface area contributed by atoms with Crippen molar-refractivity contribution in [3.05, 3.63) is 71.5 Å². The molecule has 1 saturated carbocycles. The maximum absolute atomic E-state index is 15.5. The van der Waals surface area contributed by atoms with Crippen molar-refractivity contribution in [2.75, 3.05) is 6.61 Å². The zero-order chi connectivity index (χ0) is 23.0. The summed E-state index contributed by atoms with van der Waals surface area (Å²) in [4.78, 5) is 0. The molecule has 0 aromatic heterocycles. The highest BCUT2D eigenvalue weighted by molar-refractivity contribution is 5.89. The van der Waals surface area contributed by atoms with Gasteiger partial charge >= 0.3 is 0 Å². The molecule has 1 saturated heterocycles. The number of ether oxygens (including phenoxy) is 1. The van der Waals surface area contributed by atoms with Crippen molar-refractivity contribution < 1.29 is 9.13 Å². The van der Waals surface area contributed by atoms with Crippen molar-refractivity contribution in [2.45, 2.75) is 77.0 Å². The van der Waals surface area contributed by atoms with Crippen LogP contribution in [0.1, 0.15) is 82.6 Å². The maximum Gasteiger partial charge on any atom is 0.138 e. The van der Waals surface area contributed by atoms with Crippen molar-refractivity contribution in [1.29, 1.82) is 0 Å². The minimum Gasteiger partial charge on any atom is -0.357 e. The summed E-state index contributed by atoms with van der Waals surface area (Å²) in [6.07, 6.45) is 7.74. The van der Waals surface area contributed by atoms with E-state index < -0.39 is 0 Å². The molecule has 1 N–H and O–H groups in total. The molecule has 2 aliphatic rings. The zero-order valence-electron chi connectivity index (χ0n) is 20.2. The molecular weight excluding hydrogens is 409 g/mol. The van der Waals surface area contributed by atoms with Crippen LogP contribution in [0.2, 0.25) is 0 Å². The lowest BCUT2D eigenvalue weighted by molar-refractivity contribution is 0.0989. The van der Waals surface area contributed by atoms with E-state index in [-0.39, 0.29) is 17.6 Å². The Labute approximate surface area is 197 Å². The molecule has 1 atom stereocenters. The Hall–Kier alpha value is -2.23. The number of hydrogen-bond acceptors (Lipinski definition) is 2. The van der Waals surface area contributed by atoms with Crippen molar-refractivity contribution in [1.82, 2.24) is 5.32 Å². The minimum absolute atomic E-state index is 0.0263. The van der Waals surface area contributed by atoms with Crippen LogP contribution in [0.25, 0.3) is 21.9 Å². The third-order valence-corrected chi connectivity index (χ3v) is 7.65. The first-order chi connectivity index (χ1) is 15.9. The number of rotatable bonds is 5. The summed E-state index contributed by atoms with van der Waals surface area (Å²) in [7, 11) is 0. The van der Waals surface area contributed by atoms with Gasteiger partial charge in [-0.05, 0) is 73.4 Å². The molecular formula is C30H36FNO. The fourth-order valence-corrected chi connectivity index (χ4v) is 5.73. The van der Waals surface area contributed by atoms with Crippen molar-refractivity contribution in [3.8, 4) is 11.1 Å². The Morgan fingerprint density at radius 1 is 0.939 bits per heavy atom. The Morgan fingerprint density at radius 2 is 1.67 bits per heavy atom. The van der Waals surface area contributed by atoms with Crippen molar-refractivity contribution in [2.24, 2.45) is 5.92 Å². The molecule has 0 bridgehead atoms. The Kier molecular flexibility index (Phi) is 6.28. The topological polar surface area (TPSA) is 21.3 Å². The van der Waals surface area contributed by atoms with E-state index in [1.54, 1.807) is 0 Å². The molecule has 3 heteroatoms. The molecule has 33 heavy (non-hydrogen) atoms. The molecule has 0 amide bonds. The predicted molar refractivity (Wildman–Crippen MR) is 135 cm³/mol. The van der Waals surface area contributed by atoms with Gasteiger partial charge in [-0.15, -0.1) is 0 Å². The summed E-state index contributed by atoms with van der Waals surface area (Å²) >= 11 is 0. The van der Waals surface area contributed by atoms with E-state index in [2.05, 4.69) is 44.3 Å². The molecule has 1 aliphatic carbocycles. The first-order valence-electron chi connectivity index (χ1n) is 12.7. The van der Waals surface area contributed by atoms with E-state index in [1.807, 2.05) is 36.4 Å². The second kappa shape index (κ2) is 9.19. The van der Waals surface area contributed by atoms with Crippen LogP contribution in [-0.4, -0.2) is 12.1 Å². The molecule has 3 aromatic carbocycles. The van der Waals surface area contributed by atoms with Gasteiger partial charge in [-0.3, -0.25) is 5.32 Å². The SMILES string of the molecule is CCC[C@H]1CC[C@H](c2ccc3c(F)c(-c4ccc(C5NC(C)(C)CO5)cc4)ccc3c2)CC1. The summed E-state index contributed by atoms with van der Waals surface area (Å²) in [5.41, 5.74) is 3.97. The van der Waals surface area contributed by atoms with E-state index in [0.29, 0.717) is 23.5 Å². The van der Waals surface area contributed by atoms with E-state index in [4.69, 9.17) is 4.74 Å². The molecule has 0 spiro atoms. The van der Waals surface area contributed by atoms with Crippen LogP contribution < -0.4 is 5.32 Å². The summed E-state index contributed by atoms with van der Waals surface area (Å²) in [5.74, 6) is 1.39. The quantitative estimate of drug-likeness (QED) is 0.428. The first-order valence-corrected chi connectivity index (χ1v) is 12.7. The molecule has 5 rings (SSSR count). The van der Waals surface area contributed by atoms with Gasteiger partial charge in [0.05, 0.1) is 6.61 Å². The van der Waals surface area contributed by atoms with Gasteiger partial charge in [0.15, 0.2) is 0 Å². The Balaban J connectivity index is 1.35. The predicted octanol–water partition coefficient (Wildman–Crippen LogP) is 8.12. The largest absolute Gasteiger partial charge is 0.357 e. The van der Waals surface area contributed by atoms with Crippen LogP contribution in [0.5, 0.6) is 0 Å². The van der Waals surface area contributed by atoms with Crippen LogP contribution >= 0.6 is 0 Å². The highest BCUT2D eigenvalue weighted by Crippen LogP contribution is 2.39. The number of benzene rings is 3. The average Bonchev–Trinajstić information content (AvgIpc) is 3.20. The molecule has 1 heterocycles. The summed E-state index contributed by atoms with van der Waals surface area (Å²) in [6, 6.07) is 18.5. The molecule has 174 valence electrons. The molecule has 1 aliphatic heterocycles. The van der Waals surface area contributed by atoms with E-state index >= 15 is 4.39 Å². The monoisotopic (exact) mass is 445 g/mol. The highest BCUT2D eigenvalue weighted by Gasteiger charge is 2.31. The number of fused-ring (bicyclic) bond motifs is 1. The Morgan fingerprint density at radius 3 is 2.33 bits per heavy atom. The standard InChI is InChI=1S/C30H36FNO/c1-4-5-20-6-8-21(9-7-20)24-14-16-27-25(18-24)15-17-26(28(27)31)22-10-12-23(13-11-22)29-32-30(2,3)19-33-29/h10-18,20-21,29,32H,4-9,19H2,1-3H3/t20-,21-,29?. The van der Waals surface area contributed by atoms with Crippen molar-refractivity contribution >= 4 is 10.8 Å². The molecule has 2 nitrogen and oxygen atoms in total. The average molecular weight is 446 g/mol. The second-order valence-corrected chi connectivity index (χ2v) is 10.8. The normalized spacial score (nSPS) is 24.9. The van der Waals surface area contributed by atoms with Gasteiger partial charge < -0.3 is 4.74 Å². The summed E-state index contributed by atoms with van der Waals surface area (Å²) < 4.78 is 21.4. The van der Waals surface area contributed by atoms with Gasteiger partial charge in [0.25, 0.3) is 0 Å².